The van der Waals surface area contributed by atoms with E-state index in [9.17, 15) is 9.59 Å². The van der Waals surface area contributed by atoms with E-state index in [2.05, 4.69) is 10.6 Å². The van der Waals surface area contributed by atoms with Crippen molar-refractivity contribution in [3.63, 3.8) is 0 Å². The molecule has 0 spiro atoms. The Morgan fingerprint density at radius 2 is 1.72 bits per heavy atom. The average molecular weight is 342 g/mol. The summed E-state index contributed by atoms with van der Waals surface area (Å²) < 4.78 is 10.5. The van der Waals surface area contributed by atoms with Crippen molar-refractivity contribution in [1.82, 2.24) is 5.32 Å². The molecule has 2 aromatic carbocycles. The summed E-state index contributed by atoms with van der Waals surface area (Å²) in [7, 11) is 1.56. The Morgan fingerprint density at radius 3 is 2.44 bits per heavy atom. The lowest BCUT2D eigenvalue weighted by molar-refractivity contribution is -0.122. The highest BCUT2D eigenvalue weighted by molar-refractivity contribution is 6.04. The summed E-state index contributed by atoms with van der Waals surface area (Å²) in [4.78, 5) is 24.6. The third-order valence-electron chi connectivity index (χ3n) is 3.45. The Bertz CT molecular complexity index is 704. The van der Waals surface area contributed by atoms with Crippen molar-refractivity contribution in [2.24, 2.45) is 0 Å². The Balaban J connectivity index is 2.01. The fourth-order valence-electron chi connectivity index (χ4n) is 2.14. The second-order valence-electron chi connectivity index (χ2n) is 5.36. The fraction of sp³-hybridized carbons (Fsp3) is 0.263. The van der Waals surface area contributed by atoms with E-state index in [1.807, 2.05) is 18.2 Å². The molecule has 2 aromatic rings. The highest BCUT2D eigenvalue weighted by atomic mass is 16.5. The van der Waals surface area contributed by atoms with Crippen LogP contribution in [0.15, 0.2) is 54.6 Å². The van der Waals surface area contributed by atoms with Crippen LogP contribution in [0.1, 0.15) is 17.3 Å². The van der Waals surface area contributed by atoms with E-state index in [-0.39, 0.29) is 11.8 Å². The van der Waals surface area contributed by atoms with Crippen LogP contribution >= 0.6 is 0 Å². The summed E-state index contributed by atoms with van der Waals surface area (Å²) in [6, 6.07) is 15.9. The Kier molecular flexibility index (Phi) is 6.98. The molecule has 2 rings (SSSR count). The molecule has 0 aliphatic carbocycles. The molecule has 0 fully saturated rings. The lowest BCUT2D eigenvalue weighted by Crippen LogP contribution is -2.32. The van der Waals surface area contributed by atoms with Crippen LogP contribution in [0.2, 0.25) is 0 Å². The standard InChI is InChI=1S/C19H22N2O4/c1-14(25-15-8-4-3-5-9-15)18(22)21-17-11-7-6-10-16(17)19(23)20-12-13-24-2/h3-11,14H,12-13H2,1-2H3,(H,20,23)(H,21,22)/t14-/m1/s1. The molecule has 6 heteroatoms. The number of rotatable bonds is 8. The summed E-state index contributed by atoms with van der Waals surface area (Å²) in [5.74, 6) is 0.00122. The maximum absolute atomic E-state index is 12.4. The average Bonchev–Trinajstić information content (AvgIpc) is 2.63. The molecule has 0 aliphatic rings. The van der Waals surface area contributed by atoms with Crippen LogP contribution in [-0.4, -0.2) is 38.2 Å². The molecule has 0 aromatic heterocycles. The number of methoxy groups -OCH3 is 1. The molecule has 0 radical (unpaired) electrons. The largest absolute Gasteiger partial charge is 0.481 e. The summed E-state index contributed by atoms with van der Waals surface area (Å²) in [6.07, 6.45) is -0.702. The van der Waals surface area contributed by atoms with Gasteiger partial charge in [0, 0.05) is 13.7 Å². The van der Waals surface area contributed by atoms with Gasteiger partial charge in [0.25, 0.3) is 11.8 Å². The van der Waals surface area contributed by atoms with E-state index in [4.69, 9.17) is 9.47 Å². The number of amides is 2. The predicted molar refractivity (Wildman–Crippen MR) is 95.8 cm³/mol. The number of ether oxygens (including phenoxy) is 2. The van der Waals surface area contributed by atoms with Crippen molar-refractivity contribution in [3.8, 4) is 5.75 Å². The minimum Gasteiger partial charge on any atom is -0.481 e. The van der Waals surface area contributed by atoms with E-state index < -0.39 is 6.10 Å². The zero-order valence-corrected chi connectivity index (χ0v) is 14.3. The van der Waals surface area contributed by atoms with Crippen LogP contribution in [0.4, 0.5) is 5.69 Å². The monoisotopic (exact) mass is 342 g/mol. The first-order chi connectivity index (χ1) is 12.1. The number of para-hydroxylation sites is 2. The molecule has 0 saturated carbocycles. The minimum absolute atomic E-state index is 0.274. The topological polar surface area (TPSA) is 76.7 Å². The zero-order chi connectivity index (χ0) is 18.1. The van der Waals surface area contributed by atoms with Crippen LogP contribution in [0, 0.1) is 0 Å². The van der Waals surface area contributed by atoms with Gasteiger partial charge < -0.3 is 20.1 Å². The van der Waals surface area contributed by atoms with Gasteiger partial charge in [-0.05, 0) is 31.2 Å². The van der Waals surface area contributed by atoms with E-state index >= 15 is 0 Å². The van der Waals surface area contributed by atoms with Crippen molar-refractivity contribution in [1.29, 1.82) is 0 Å². The van der Waals surface area contributed by atoms with Crippen molar-refractivity contribution in [2.75, 3.05) is 25.6 Å². The first-order valence-electron chi connectivity index (χ1n) is 8.00. The molecular formula is C19H22N2O4. The number of carbonyl (C=O) groups excluding carboxylic acids is 2. The van der Waals surface area contributed by atoms with E-state index in [1.54, 1.807) is 50.4 Å². The van der Waals surface area contributed by atoms with E-state index in [0.29, 0.717) is 30.2 Å². The Labute approximate surface area is 147 Å². The SMILES string of the molecule is COCCNC(=O)c1ccccc1NC(=O)[C@@H](C)Oc1ccccc1. The maximum Gasteiger partial charge on any atom is 0.265 e. The van der Waals surface area contributed by atoms with E-state index in [1.165, 1.54) is 0 Å². The molecule has 6 nitrogen and oxygen atoms in total. The molecule has 0 aliphatic heterocycles. The third kappa shape index (κ3) is 5.61. The molecule has 0 heterocycles. The van der Waals surface area contributed by atoms with Gasteiger partial charge in [-0.3, -0.25) is 9.59 Å². The van der Waals surface area contributed by atoms with Gasteiger partial charge in [0.05, 0.1) is 17.9 Å². The van der Waals surface area contributed by atoms with Gasteiger partial charge in [0.2, 0.25) is 0 Å². The van der Waals surface area contributed by atoms with E-state index in [0.717, 1.165) is 0 Å². The van der Waals surface area contributed by atoms with Crippen LogP contribution in [0.5, 0.6) is 5.75 Å². The van der Waals surface area contributed by atoms with Crippen molar-refractivity contribution in [2.45, 2.75) is 13.0 Å². The first kappa shape index (κ1) is 18.5. The van der Waals surface area contributed by atoms with Gasteiger partial charge in [-0.2, -0.15) is 0 Å². The number of benzene rings is 2. The lowest BCUT2D eigenvalue weighted by Gasteiger charge is -2.16. The summed E-state index contributed by atoms with van der Waals surface area (Å²) >= 11 is 0. The number of anilines is 1. The highest BCUT2D eigenvalue weighted by Gasteiger charge is 2.18. The predicted octanol–water partition coefficient (Wildman–Crippen LogP) is 2.47. The molecule has 2 amide bonds. The lowest BCUT2D eigenvalue weighted by atomic mass is 10.1. The van der Waals surface area contributed by atoms with Gasteiger partial charge in [-0.25, -0.2) is 0 Å². The number of hydrogen-bond acceptors (Lipinski definition) is 4. The van der Waals surface area contributed by atoms with Gasteiger partial charge in [-0.15, -0.1) is 0 Å². The van der Waals surface area contributed by atoms with Gasteiger partial charge in [0.1, 0.15) is 5.75 Å². The Morgan fingerprint density at radius 1 is 1.04 bits per heavy atom. The smallest absolute Gasteiger partial charge is 0.265 e. The summed E-state index contributed by atoms with van der Waals surface area (Å²) in [6.45, 7) is 2.47. The van der Waals surface area contributed by atoms with Crippen LogP contribution < -0.4 is 15.4 Å². The minimum atomic E-state index is -0.702. The number of nitrogens with one attached hydrogen (secondary N) is 2. The second-order valence-corrected chi connectivity index (χ2v) is 5.36. The molecule has 25 heavy (non-hydrogen) atoms. The zero-order valence-electron chi connectivity index (χ0n) is 14.3. The second kappa shape index (κ2) is 9.44. The van der Waals surface area contributed by atoms with Gasteiger partial charge >= 0.3 is 0 Å². The quantitative estimate of drug-likeness (QED) is 0.723. The van der Waals surface area contributed by atoms with Gasteiger partial charge in [0.15, 0.2) is 6.10 Å². The molecule has 0 bridgehead atoms. The number of hydrogen-bond donors (Lipinski definition) is 2. The molecule has 0 unspecified atom stereocenters. The fourth-order valence-corrected chi connectivity index (χ4v) is 2.14. The summed E-state index contributed by atoms with van der Waals surface area (Å²) in [5, 5.41) is 5.48. The molecule has 1 atom stereocenters. The first-order valence-corrected chi connectivity index (χ1v) is 8.00. The normalized spacial score (nSPS) is 11.4. The highest BCUT2D eigenvalue weighted by Crippen LogP contribution is 2.17. The maximum atomic E-state index is 12.4. The molecular weight excluding hydrogens is 320 g/mol. The van der Waals surface area contributed by atoms with Crippen LogP contribution in [0.25, 0.3) is 0 Å². The van der Waals surface area contributed by atoms with Crippen molar-refractivity contribution in [3.05, 3.63) is 60.2 Å². The van der Waals surface area contributed by atoms with Crippen molar-refractivity contribution < 1.29 is 19.1 Å². The van der Waals surface area contributed by atoms with Crippen LogP contribution in [-0.2, 0) is 9.53 Å². The van der Waals surface area contributed by atoms with Gasteiger partial charge in [-0.1, -0.05) is 30.3 Å². The number of carbonyl (C=O) groups is 2. The molecule has 0 saturated heterocycles. The molecule has 132 valence electrons. The molecule has 2 N–H and O–H groups in total. The Hall–Kier alpha value is -2.86. The van der Waals surface area contributed by atoms with Crippen LogP contribution in [0.3, 0.4) is 0 Å². The third-order valence-corrected chi connectivity index (χ3v) is 3.45. The van der Waals surface area contributed by atoms with Crippen molar-refractivity contribution >= 4 is 17.5 Å². The summed E-state index contributed by atoms with van der Waals surface area (Å²) in [5.41, 5.74) is 0.824.